The number of fused-ring (bicyclic) bond motifs is 1. The van der Waals surface area contributed by atoms with Crippen molar-refractivity contribution in [3.05, 3.63) is 58.9 Å². The number of rotatable bonds is 6. The van der Waals surface area contributed by atoms with Gasteiger partial charge in [0, 0.05) is 12.1 Å². The summed E-state index contributed by atoms with van der Waals surface area (Å²) in [4.78, 5) is 28.4. The Morgan fingerprint density at radius 1 is 1.11 bits per heavy atom. The van der Waals surface area contributed by atoms with Crippen molar-refractivity contribution in [2.45, 2.75) is 19.4 Å². The Hall–Kier alpha value is -2.94. The molecule has 0 bridgehead atoms. The predicted molar refractivity (Wildman–Crippen MR) is 94.0 cm³/mol. The molecule has 3 aromatic rings. The molecule has 0 spiro atoms. The number of benzene rings is 2. The largest absolute Gasteiger partial charge is 0.481 e. The maximum Gasteiger partial charge on any atom is 0.303 e. The summed E-state index contributed by atoms with van der Waals surface area (Å²) in [7, 11) is 0. The smallest absolute Gasteiger partial charge is 0.303 e. The van der Waals surface area contributed by atoms with Gasteiger partial charge in [-0.05, 0) is 30.3 Å². The van der Waals surface area contributed by atoms with Gasteiger partial charge in [-0.1, -0.05) is 6.07 Å². The molecule has 0 aliphatic heterocycles. The van der Waals surface area contributed by atoms with Crippen molar-refractivity contribution in [2.75, 3.05) is 4.90 Å². The van der Waals surface area contributed by atoms with Crippen molar-refractivity contribution in [3.63, 3.8) is 0 Å². The fourth-order valence-electron chi connectivity index (χ4n) is 2.50. The Labute approximate surface area is 155 Å². The monoisotopic (exact) mass is 394 g/mol. The normalized spacial score (nSPS) is 10.9. The van der Waals surface area contributed by atoms with E-state index in [0.29, 0.717) is 9.71 Å². The first-order chi connectivity index (χ1) is 12.8. The Morgan fingerprint density at radius 2 is 1.89 bits per heavy atom. The summed E-state index contributed by atoms with van der Waals surface area (Å²) in [5, 5.41) is 9.09. The first-order valence-corrected chi connectivity index (χ1v) is 8.68. The maximum absolute atomic E-state index is 13.9. The molecule has 9 heteroatoms. The van der Waals surface area contributed by atoms with Crippen molar-refractivity contribution in [2.24, 2.45) is 0 Å². The summed E-state index contributed by atoms with van der Waals surface area (Å²) in [5.41, 5.74) is 0.0727. The summed E-state index contributed by atoms with van der Waals surface area (Å²) >= 11 is 1.07. The lowest BCUT2D eigenvalue weighted by Crippen LogP contribution is -2.30. The Kier molecular flexibility index (Phi) is 5.41. The summed E-state index contributed by atoms with van der Waals surface area (Å²) in [6, 6.07) is 7.62. The van der Waals surface area contributed by atoms with E-state index in [4.69, 9.17) is 5.11 Å². The summed E-state index contributed by atoms with van der Waals surface area (Å²) in [6.07, 6.45) is -0.677. The van der Waals surface area contributed by atoms with E-state index in [1.165, 1.54) is 29.2 Å². The number of aromatic nitrogens is 1. The van der Waals surface area contributed by atoms with E-state index in [-0.39, 0.29) is 30.6 Å². The molecule has 0 unspecified atom stereocenters. The van der Waals surface area contributed by atoms with Gasteiger partial charge in [0.25, 0.3) is 0 Å². The van der Waals surface area contributed by atoms with E-state index < -0.39 is 29.3 Å². The third-order valence-corrected chi connectivity index (χ3v) is 4.77. The molecular weight excluding hydrogens is 381 g/mol. The zero-order valence-corrected chi connectivity index (χ0v) is 14.6. The number of carboxylic acid groups (broad SMARTS) is 1. The molecule has 0 saturated heterocycles. The van der Waals surface area contributed by atoms with Gasteiger partial charge in [0.05, 0.1) is 17.7 Å². The number of carbonyl (C=O) groups is 2. The van der Waals surface area contributed by atoms with Gasteiger partial charge in [0.15, 0.2) is 11.6 Å². The van der Waals surface area contributed by atoms with Crippen LogP contribution < -0.4 is 4.90 Å². The van der Waals surface area contributed by atoms with Crippen molar-refractivity contribution in [1.82, 2.24) is 4.98 Å². The number of thiazole rings is 1. The highest BCUT2D eigenvalue weighted by atomic mass is 32.1. The van der Waals surface area contributed by atoms with E-state index in [1.54, 1.807) is 0 Å². The molecule has 27 heavy (non-hydrogen) atoms. The summed E-state index contributed by atoms with van der Waals surface area (Å²) in [5.74, 6) is -4.36. The molecule has 2 aromatic carbocycles. The van der Waals surface area contributed by atoms with Gasteiger partial charge in [0.1, 0.15) is 16.3 Å². The first-order valence-electron chi connectivity index (χ1n) is 7.86. The van der Waals surface area contributed by atoms with Crippen LogP contribution in [0.4, 0.5) is 18.9 Å². The van der Waals surface area contributed by atoms with E-state index in [1.807, 2.05) is 0 Å². The number of aliphatic carboxylic acids is 1. The van der Waals surface area contributed by atoms with Gasteiger partial charge >= 0.3 is 5.97 Å². The average Bonchev–Trinajstić information content (AvgIpc) is 3.04. The number of halogens is 3. The summed E-state index contributed by atoms with van der Waals surface area (Å²) < 4.78 is 41.2. The molecule has 0 saturated carbocycles. The summed E-state index contributed by atoms with van der Waals surface area (Å²) in [6.45, 7) is -0.123. The minimum Gasteiger partial charge on any atom is -0.481 e. The van der Waals surface area contributed by atoms with Crippen molar-refractivity contribution in [1.29, 1.82) is 0 Å². The number of hydrogen-bond acceptors (Lipinski definition) is 4. The lowest BCUT2D eigenvalue weighted by atomic mass is 10.2. The number of hydrogen-bond donors (Lipinski definition) is 1. The Bertz CT molecular complexity index is 1020. The Morgan fingerprint density at radius 3 is 2.59 bits per heavy atom. The van der Waals surface area contributed by atoms with Gasteiger partial charge in [-0.15, -0.1) is 11.3 Å². The predicted octanol–water partition coefficient (Wildman–Crippen LogP) is 4.11. The van der Waals surface area contributed by atoms with Crippen LogP contribution in [0.2, 0.25) is 0 Å². The first kappa shape index (κ1) is 18.8. The van der Waals surface area contributed by atoms with Crippen LogP contribution in [-0.2, 0) is 16.1 Å². The molecule has 0 atom stereocenters. The van der Waals surface area contributed by atoms with Crippen molar-refractivity contribution < 1.29 is 27.9 Å². The molecule has 5 nitrogen and oxygen atoms in total. The second-order valence-corrected chi connectivity index (χ2v) is 6.78. The molecule has 1 amide bonds. The standard InChI is InChI=1S/C18H13F3N2O3S/c19-10-2-1-3-11(8-10)23(15(24)6-7-16(25)26)9-14-22-18-13(27-14)5-4-12(20)17(18)21/h1-5,8H,6-7,9H2,(H,25,26). The van der Waals surface area contributed by atoms with Gasteiger partial charge in [-0.2, -0.15) is 0 Å². The molecule has 0 aliphatic rings. The van der Waals surface area contributed by atoms with Gasteiger partial charge in [0.2, 0.25) is 5.91 Å². The van der Waals surface area contributed by atoms with Gasteiger partial charge in [-0.25, -0.2) is 18.2 Å². The van der Waals surface area contributed by atoms with Gasteiger partial charge in [-0.3, -0.25) is 9.59 Å². The van der Waals surface area contributed by atoms with E-state index in [2.05, 4.69) is 4.98 Å². The minimum atomic E-state index is -1.14. The lowest BCUT2D eigenvalue weighted by molar-refractivity contribution is -0.138. The number of carbonyl (C=O) groups excluding carboxylic acids is 1. The average molecular weight is 394 g/mol. The van der Waals surface area contributed by atoms with Crippen molar-refractivity contribution in [3.8, 4) is 0 Å². The second kappa shape index (κ2) is 7.75. The topological polar surface area (TPSA) is 70.5 Å². The fourth-order valence-corrected chi connectivity index (χ4v) is 3.45. The van der Waals surface area contributed by atoms with Gasteiger partial charge < -0.3 is 10.0 Å². The quantitative estimate of drug-likeness (QED) is 0.683. The lowest BCUT2D eigenvalue weighted by Gasteiger charge is -2.21. The fraction of sp³-hybridized carbons (Fsp3) is 0.167. The van der Waals surface area contributed by atoms with Crippen LogP contribution in [0.5, 0.6) is 0 Å². The van der Waals surface area contributed by atoms with Crippen LogP contribution in [-0.4, -0.2) is 22.0 Å². The zero-order chi connectivity index (χ0) is 19.6. The van der Waals surface area contributed by atoms with Crippen LogP contribution in [0.3, 0.4) is 0 Å². The molecule has 0 fully saturated rings. The second-order valence-electron chi connectivity index (χ2n) is 5.67. The molecule has 0 aliphatic carbocycles. The molecule has 3 rings (SSSR count). The van der Waals surface area contributed by atoms with Crippen LogP contribution in [0.15, 0.2) is 36.4 Å². The number of nitrogens with zero attached hydrogens (tertiary/aromatic N) is 2. The van der Waals surface area contributed by atoms with Crippen LogP contribution in [0.25, 0.3) is 10.2 Å². The molecule has 1 heterocycles. The van der Waals surface area contributed by atoms with Crippen LogP contribution in [0.1, 0.15) is 17.8 Å². The molecule has 0 radical (unpaired) electrons. The van der Waals surface area contributed by atoms with Crippen LogP contribution >= 0.6 is 11.3 Å². The molecule has 140 valence electrons. The molecular formula is C18H13F3N2O3S. The number of anilines is 1. The van der Waals surface area contributed by atoms with Crippen LogP contribution in [0, 0.1) is 17.5 Å². The third kappa shape index (κ3) is 4.25. The minimum absolute atomic E-state index is 0.123. The van der Waals surface area contributed by atoms with E-state index in [9.17, 15) is 22.8 Å². The Balaban J connectivity index is 1.94. The number of carboxylic acids is 1. The SMILES string of the molecule is O=C(O)CCC(=O)N(Cc1nc2c(F)c(F)ccc2s1)c1cccc(F)c1. The highest BCUT2D eigenvalue weighted by molar-refractivity contribution is 7.18. The zero-order valence-electron chi connectivity index (χ0n) is 13.8. The highest BCUT2D eigenvalue weighted by Crippen LogP contribution is 2.28. The highest BCUT2D eigenvalue weighted by Gasteiger charge is 2.21. The third-order valence-electron chi connectivity index (χ3n) is 3.76. The molecule has 1 N–H and O–H groups in total. The van der Waals surface area contributed by atoms with E-state index in [0.717, 1.165) is 23.5 Å². The molecule has 1 aromatic heterocycles. The number of amides is 1. The van der Waals surface area contributed by atoms with Crippen molar-refractivity contribution >= 4 is 39.1 Å². The van der Waals surface area contributed by atoms with E-state index >= 15 is 0 Å². The maximum atomic E-state index is 13.9.